The molecule has 8 nitrogen and oxygen atoms in total. The predicted molar refractivity (Wildman–Crippen MR) is 146 cm³/mol. The summed E-state index contributed by atoms with van der Waals surface area (Å²) in [6, 6.07) is 7.80. The van der Waals surface area contributed by atoms with Crippen molar-refractivity contribution in [1.82, 2.24) is 4.98 Å². The maximum atomic E-state index is 14.1. The fraction of sp³-hybridized carbons (Fsp3) is 0.310. The van der Waals surface area contributed by atoms with E-state index in [1.165, 1.54) is 31.1 Å². The zero-order valence-corrected chi connectivity index (χ0v) is 23.0. The average Bonchev–Trinajstić information content (AvgIpc) is 3.42. The van der Waals surface area contributed by atoms with Gasteiger partial charge in [-0.25, -0.2) is 9.37 Å². The van der Waals surface area contributed by atoms with Crippen molar-refractivity contribution in [1.29, 1.82) is 0 Å². The Morgan fingerprint density at radius 1 is 1.18 bits per heavy atom. The highest BCUT2D eigenvalue weighted by molar-refractivity contribution is 7.17. The first-order valence-electron chi connectivity index (χ1n) is 12.5. The van der Waals surface area contributed by atoms with Crippen LogP contribution in [0, 0.1) is 18.7 Å². The number of nitrogens with zero attached hydrogens (tertiary/aromatic N) is 2. The van der Waals surface area contributed by atoms with E-state index in [1.807, 2.05) is 0 Å². The van der Waals surface area contributed by atoms with E-state index < -0.39 is 23.2 Å². The largest absolute Gasteiger partial charge is 0.493 e. The second-order valence-electron chi connectivity index (χ2n) is 9.80. The molecular weight excluding hydrogens is 523 g/mol. The Labute approximate surface area is 228 Å². The van der Waals surface area contributed by atoms with E-state index in [2.05, 4.69) is 18.8 Å². The minimum Gasteiger partial charge on any atom is -0.493 e. The molecular formula is C29H27FN2O6S. The lowest BCUT2D eigenvalue weighted by atomic mass is 9.98. The number of Topliss-reactive ketones (excluding diaryl/α,β-unsaturated/α-hetero) is 1. The van der Waals surface area contributed by atoms with Gasteiger partial charge in [-0.2, -0.15) is 0 Å². The Hall–Kier alpha value is -4.05. The Morgan fingerprint density at radius 3 is 2.62 bits per heavy atom. The molecule has 1 aliphatic heterocycles. The van der Waals surface area contributed by atoms with Crippen molar-refractivity contribution in [2.75, 3.05) is 18.6 Å². The summed E-state index contributed by atoms with van der Waals surface area (Å²) in [5.41, 5.74) is 0.646. The fourth-order valence-electron chi connectivity index (χ4n) is 4.65. The molecule has 2 aromatic carbocycles. The second-order valence-corrected chi connectivity index (χ2v) is 10.8. The van der Waals surface area contributed by atoms with Gasteiger partial charge in [-0.15, -0.1) is 0 Å². The van der Waals surface area contributed by atoms with Gasteiger partial charge in [0.1, 0.15) is 11.4 Å². The second kappa shape index (κ2) is 10.3. The number of methoxy groups -OCH3 is 1. The van der Waals surface area contributed by atoms with Crippen LogP contribution < -0.4 is 19.8 Å². The number of halogens is 1. The van der Waals surface area contributed by atoms with Crippen molar-refractivity contribution < 1.29 is 27.9 Å². The Bertz CT molecular complexity index is 1670. The third-order valence-electron chi connectivity index (χ3n) is 6.60. The third kappa shape index (κ3) is 4.69. The van der Waals surface area contributed by atoms with E-state index in [9.17, 15) is 18.8 Å². The maximum Gasteiger partial charge on any atom is 0.297 e. The van der Waals surface area contributed by atoms with Crippen LogP contribution in [0.4, 0.5) is 9.52 Å². The van der Waals surface area contributed by atoms with Gasteiger partial charge in [-0.1, -0.05) is 31.3 Å². The number of benzene rings is 2. The summed E-state index contributed by atoms with van der Waals surface area (Å²) in [7, 11) is 1.51. The lowest BCUT2D eigenvalue weighted by Crippen LogP contribution is -2.29. The standard InChI is InChI=1S/C29H27FN2O6S/c1-14(2)10-11-37-21-8-6-17(12-22(21)36-5)24-23-25(34)19-13-18(30)7-9-20(19)38-26(23)28(35)32(24)29-31-15(3)27(39-29)16(4)33/h6-9,12-14,24H,10-11H2,1-5H3. The van der Waals surface area contributed by atoms with E-state index in [-0.39, 0.29) is 33.2 Å². The number of ketones is 1. The van der Waals surface area contributed by atoms with Gasteiger partial charge in [-0.05, 0) is 55.2 Å². The van der Waals surface area contributed by atoms with Gasteiger partial charge in [0.15, 0.2) is 27.8 Å². The quantitative estimate of drug-likeness (QED) is 0.245. The molecule has 1 unspecified atom stereocenters. The molecule has 39 heavy (non-hydrogen) atoms. The summed E-state index contributed by atoms with van der Waals surface area (Å²) in [5.74, 6) is -0.111. The monoisotopic (exact) mass is 550 g/mol. The molecule has 0 fully saturated rings. The number of carbonyl (C=O) groups is 2. The van der Waals surface area contributed by atoms with Crippen LogP contribution in [0.1, 0.15) is 70.3 Å². The van der Waals surface area contributed by atoms with Gasteiger partial charge in [0.05, 0.1) is 41.3 Å². The van der Waals surface area contributed by atoms with E-state index in [0.717, 1.165) is 23.8 Å². The van der Waals surface area contributed by atoms with Crippen LogP contribution in [0.3, 0.4) is 0 Å². The number of amides is 1. The predicted octanol–water partition coefficient (Wildman–Crippen LogP) is 6.08. The van der Waals surface area contributed by atoms with Crippen molar-refractivity contribution >= 4 is 39.1 Å². The van der Waals surface area contributed by atoms with Crippen LogP contribution >= 0.6 is 11.3 Å². The number of thiazole rings is 1. The molecule has 0 aliphatic carbocycles. The van der Waals surface area contributed by atoms with Gasteiger partial charge < -0.3 is 13.9 Å². The van der Waals surface area contributed by atoms with E-state index in [1.54, 1.807) is 25.1 Å². The molecule has 0 N–H and O–H groups in total. The highest BCUT2D eigenvalue weighted by atomic mass is 32.1. The minimum atomic E-state index is -0.958. The number of aryl methyl sites for hydroxylation is 1. The van der Waals surface area contributed by atoms with Crippen LogP contribution in [0.15, 0.2) is 45.6 Å². The van der Waals surface area contributed by atoms with Crippen molar-refractivity contribution in [3.8, 4) is 11.5 Å². The number of carbonyl (C=O) groups excluding carboxylic acids is 2. The normalized spacial score (nSPS) is 14.8. The molecule has 5 rings (SSSR count). The first kappa shape index (κ1) is 26.6. The van der Waals surface area contributed by atoms with Crippen LogP contribution in [0.25, 0.3) is 11.0 Å². The molecule has 0 radical (unpaired) electrons. The topological polar surface area (TPSA) is 98.9 Å². The fourth-order valence-corrected chi connectivity index (χ4v) is 5.64. The molecule has 3 heterocycles. The Kier molecular flexibility index (Phi) is 6.98. The SMILES string of the molecule is COc1cc(C2c3c(oc4ccc(F)cc4c3=O)C(=O)N2c2nc(C)c(C(C)=O)s2)ccc1OCCC(C)C. The number of aromatic nitrogens is 1. The molecule has 0 spiro atoms. The van der Waals surface area contributed by atoms with Crippen molar-refractivity contribution in [2.24, 2.45) is 5.92 Å². The minimum absolute atomic E-state index is 0.0220. The van der Waals surface area contributed by atoms with E-state index >= 15 is 0 Å². The van der Waals surface area contributed by atoms with Gasteiger partial charge in [-0.3, -0.25) is 19.3 Å². The number of fused-ring (bicyclic) bond motifs is 2. The molecule has 4 aromatic rings. The Morgan fingerprint density at radius 2 is 1.95 bits per heavy atom. The molecule has 1 aliphatic rings. The summed E-state index contributed by atoms with van der Waals surface area (Å²) in [6.45, 7) is 7.82. The zero-order chi connectivity index (χ0) is 28.0. The van der Waals surface area contributed by atoms with Crippen molar-refractivity contribution in [3.63, 3.8) is 0 Å². The lowest BCUT2D eigenvalue weighted by Gasteiger charge is -2.23. The maximum absolute atomic E-state index is 14.1. The first-order chi connectivity index (χ1) is 18.6. The molecule has 10 heteroatoms. The van der Waals surface area contributed by atoms with Gasteiger partial charge in [0, 0.05) is 6.92 Å². The molecule has 0 saturated carbocycles. The zero-order valence-electron chi connectivity index (χ0n) is 22.2. The van der Waals surface area contributed by atoms with Gasteiger partial charge >= 0.3 is 0 Å². The number of rotatable bonds is 8. The summed E-state index contributed by atoms with van der Waals surface area (Å²) >= 11 is 1.06. The third-order valence-corrected chi connectivity index (χ3v) is 7.86. The summed E-state index contributed by atoms with van der Waals surface area (Å²) in [5, 5.41) is 0.263. The number of ether oxygens (including phenoxy) is 2. The summed E-state index contributed by atoms with van der Waals surface area (Å²) in [4.78, 5) is 46.0. The molecule has 2 aromatic heterocycles. The van der Waals surface area contributed by atoms with Crippen molar-refractivity contribution in [2.45, 2.75) is 40.2 Å². The van der Waals surface area contributed by atoms with E-state index in [0.29, 0.717) is 40.2 Å². The number of hydrogen-bond donors (Lipinski definition) is 0. The molecule has 0 saturated heterocycles. The van der Waals surface area contributed by atoms with Gasteiger partial charge in [0.2, 0.25) is 5.76 Å². The Balaban J connectivity index is 1.70. The number of anilines is 1. The number of hydrogen-bond acceptors (Lipinski definition) is 8. The highest BCUT2D eigenvalue weighted by Gasteiger charge is 2.45. The first-order valence-corrected chi connectivity index (χ1v) is 13.3. The summed E-state index contributed by atoms with van der Waals surface area (Å²) < 4.78 is 31.5. The van der Waals surface area contributed by atoms with Crippen LogP contribution in [0.2, 0.25) is 0 Å². The van der Waals surface area contributed by atoms with Crippen LogP contribution in [-0.4, -0.2) is 30.4 Å². The van der Waals surface area contributed by atoms with Crippen LogP contribution in [0.5, 0.6) is 11.5 Å². The molecule has 1 atom stereocenters. The van der Waals surface area contributed by atoms with Gasteiger partial charge in [0.25, 0.3) is 5.91 Å². The highest BCUT2D eigenvalue weighted by Crippen LogP contribution is 2.44. The molecule has 202 valence electrons. The average molecular weight is 551 g/mol. The lowest BCUT2D eigenvalue weighted by molar-refractivity contribution is 0.0969. The van der Waals surface area contributed by atoms with Crippen LogP contribution in [-0.2, 0) is 0 Å². The van der Waals surface area contributed by atoms with E-state index in [4.69, 9.17) is 13.9 Å². The summed E-state index contributed by atoms with van der Waals surface area (Å²) in [6.07, 6.45) is 0.857. The van der Waals surface area contributed by atoms with Crippen molar-refractivity contribution in [3.05, 3.63) is 79.9 Å². The smallest absolute Gasteiger partial charge is 0.297 e. The molecule has 1 amide bonds. The molecule has 0 bridgehead atoms.